The molecule has 0 bridgehead atoms. The second-order valence-corrected chi connectivity index (χ2v) is 7.20. The third-order valence-electron chi connectivity index (χ3n) is 5.04. The van der Waals surface area contributed by atoms with Crippen molar-refractivity contribution in [2.45, 2.75) is 19.4 Å². The summed E-state index contributed by atoms with van der Waals surface area (Å²) in [6.07, 6.45) is 0.472. The van der Waals surface area contributed by atoms with E-state index in [0.29, 0.717) is 22.7 Å². The molecule has 1 N–H and O–H groups in total. The Hall–Kier alpha value is -3.11. The molecule has 1 heterocycles. The average Bonchev–Trinajstić information content (AvgIpc) is 3.11. The number of hydrogen-bond acceptors (Lipinski definition) is 2. The number of carbonyl (C=O) groups excluding carboxylic acids is 2. The van der Waals surface area contributed by atoms with Crippen molar-refractivity contribution < 1.29 is 9.59 Å². The van der Waals surface area contributed by atoms with Crippen LogP contribution in [0.1, 0.15) is 21.5 Å². The van der Waals surface area contributed by atoms with Crippen LogP contribution in [0.3, 0.4) is 0 Å². The van der Waals surface area contributed by atoms with Gasteiger partial charge in [-0.05, 0) is 48.4 Å². The molecule has 1 atom stereocenters. The van der Waals surface area contributed by atoms with Gasteiger partial charge < -0.3 is 5.32 Å². The Balaban J connectivity index is 1.68. The molecule has 0 saturated heterocycles. The molecule has 0 saturated carbocycles. The lowest BCUT2D eigenvalue weighted by atomic mass is 10.1. The highest BCUT2D eigenvalue weighted by atomic mass is 35.5. The minimum atomic E-state index is -0.622. The summed E-state index contributed by atoms with van der Waals surface area (Å²) in [6.45, 7) is 1.86. The van der Waals surface area contributed by atoms with Gasteiger partial charge in [-0.25, -0.2) is 0 Å². The van der Waals surface area contributed by atoms with Gasteiger partial charge in [0, 0.05) is 28.4 Å². The Morgan fingerprint density at radius 3 is 2.46 bits per heavy atom. The Morgan fingerprint density at radius 1 is 0.964 bits per heavy atom. The van der Waals surface area contributed by atoms with Crippen molar-refractivity contribution in [2.24, 2.45) is 0 Å². The highest BCUT2D eigenvalue weighted by Crippen LogP contribution is 2.34. The molecular weight excluding hydrogens is 372 g/mol. The highest BCUT2D eigenvalue weighted by Gasteiger charge is 2.38. The molecule has 1 unspecified atom stereocenters. The second kappa shape index (κ2) is 7.49. The van der Waals surface area contributed by atoms with E-state index in [9.17, 15) is 9.59 Å². The number of anilines is 2. The Kier molecular flexibility index (Phi) is 4.88. The van der Waals surface area contributed by atoms with Gasteiger partial charge in [0.25, 0.3) is 5.91 Å². The molecule has 3 aromatic rings. The standard InChI is InChI=1S/C23H19ClN2O2/c1-15-18(24)11-7-12-19(15)25-22(27)21-14-17-10-5-6-13-20(17)26(21)23(28)16-8-3-2-4-9-16/h2-13,21H,14H2,1H3,(H,25,27). The topological polar surface area (TPSA) is 49.4 Å². The molecule has 1 aliphatic rings. The first kappa shape index (κ1) is 18.3. The van der Waals surface area contributed by atoms with Crippen LogP contribution in [0.15, 0.2) is 72.8 Å². The van der Waals surface area contributed by atoms with Gasteiger partial charge in [0.1, 0.15) is 6.04 Å². The molecule has 140 valence electrons. The lowest BCUT2D eigenvalue weighted by Crippen LogP contribution is -2.45. The summed E-state index contributed by atoms with van der Waals surface area (Å²) < 4.78 is 0. The maximum atomic E-state index is 13.2. The van der Waals surface area contributed by atoms with Crippen molar-refractivity contribution >= 4 is 34.8 Å². The van der Waals surface area contributed by atoms with E-state index >= 15 is 0 Å². The summed E-state index contributed by atoms with van der Waals surface area (Å²) in [4.78, 5) is 28.0. The molecule has 4 nitrogen and oxygen atoms in total. The van der Waals surface area contributed by atoms with Crippen LogP contribution in [0, 0.1) is 6.92 Å². The van der Waals surface area contributed by atoms with Gasteiger partial charge in [0.2, 0.25) is 5.91 Å². The first-order chi connectivity index (χ1) is 13.6. The third-order valence-corrected chi connectivity index (χ3v) is 5.45. The quantitative estimate of drug-likeness (QED) is 0.694. The molecule has 0 aliphatic carbocycles. The second-order valence-electron chi connectivity index (χ2n) is 6.79. The van der Waals surface area contributed by atoms with Crippen LogP contribution in [-0.2, 0) is 11.2 Å². The van der Waals surface area contributed by atoms with Crippen molar-refractivity contribution in [3.63, 3.8) is 0 Å². The number of para-hydroxylation sites is 1. The van der Waals surface area contributed by atoms with Crippen molar-refractivity contribution in [1.82, 2.24) is 0 Å². The van der Waals surface area contributed by atoms with E-state index in [0.717, 1.165) is 16.8 Å². The number of halogens is 1. The normalized spacial score (nSPS) is 15.2. The van der Waals surface area contributed by atoms with Crippen LogP contribution in [0.2, 0.25) is 5.02 Å². The average molecular weight is 391 g/mol. The summed E-state index contributed by atoms with van der Waals surface area (Å²) >= 11 is 6.17. The minimum absolute atomic E-state index is 0.187. The van der Waals surface area contributed by atoms with Crippen LogP contribution in [0.5, 0.6) is 0 Å². The number of amides is 2. The van der Waals surface area contributed by atoms with Crippen molar-refractivity contribution in [3.8, 4) is 0 Å². The van der Waals surface area contributed by atoms with E-state index in [1.54, 1.807) is 29.2 Å². The van der Waals surface area contributed by atoms with Crippen LogP contribution < -0.4 is 10.2 Å². The van der Waals surface area contributed by atoms with Gasteiger partial charge in [-0.1, -0.05) is 54.1 Å². The molecular formula is C23H19ClN2O2. The molecule has 1 aliphatic heterocycles. The van der Waals surface area contributed by atoms with Gasteiger partial charge >= 0.3 is 0 Å². The van der Waals surface area contributed by atoms with Gasteiger partial charge in [-0.2, -0.15) is 0 Å². The van der Waals surface area contributed by atoms with E-state index in [2.05, 4.69) is 5.32 Å². The first-order valence-electron chi connectivity index (χ1n) is 9.09. The van der Waals surface area contributed by atoms with Crippen LogP contribution in [-0.4, -0.2) is 17.9 Å². The van der Waals surface area contributed by atoms with Crippen molar-refractivity contribution in [1.29, 1.82) is 0 Å². The minimum Gasteiger partial charge on any atom is -0.324 e. The molecule has 28 heavy (non-hydrogen) atoms. The summed E-state index contributed by atoms with van der Waals surface area (Å²) in [6, 6.07) is 21.4. The van der Waals surface area contributed by atoms with E-state index < -0.39 is 6.04 Å². The number of fused-ring (bicyclic) bond motifs is 1. The van der Waals surface area contributed by atoms with Crippen LogP contribution >= 0.6 is 11.6 Å². The predicted octanol–water partition coefficient (Wildman–Crippen LogP) is 4.86. The van der Waals surface area contributed by atoms with Gasteiger partial charge in [0.05, 0.1) is 0 Å². The van der Waals surface area contributed by atoms with E-state index in [4.69, 9.17) is 11.6 Å². The molecule has 0 aromatic heterocycles. The van der Waals surface area contributed by atoms with Crippen LogP contribution in [0.25, 0.3) is 0 Å². The number of carbonyl (C=O) groups is 2. The lowest BCUT2D eigenvalue weighted by molar-refractivity contribution is -0.117. The fraction of sp³-hybridized carbons (Fsp3) is 0.130. The van der Waals surface area contributed by atoms with E-state index in [1.807, 2.05) is 55.5 Å². The number of rotatable bonds is 3. The molecule has 0 spiro atoms. The predicted molar refractivity (Wildman–Crippen MR) is 112 cm³/mol. The van der Waals surface area contributed by atoms with Crippen molar-refractivity contribution in [3.05, 3.63) is 94.5 Å². The fourth-order valence-corrected chi connectivity index (χ4v) is 3.70. The Bertz CT molecular complexity index is 1050. The maximum absolute atomic E-state index is 13.2. The number of nitrogens with one attached hydrogen (secondary N) is 1. The molecule has 0 radical (unpaired) electrons. The summed E-state index contributed by atoms with van der Waals surface area (Å²) in [5.41, 5.74) is 3.76. The highest BCUT2D eigenvalue weighted by molar-refractivity contribution is 6.31. The number of benzene rings is 3. The third kappa shape index (κ3) is 3.27. The summed E-state index contributed by atoms with van der Waals surface area (Å²) in [7, 11) is 0. The van der Waals surface area contributed by atoms with Gasteiger partial charge in [0.15, 0.2) is 0 Å². The molecule has 5 heteroatoms. The SMILES string of the molecule is Cc1c(Cl)cccc1NC(=O)C1Cc2ccccc2N1C(=O)c1ccccc1. The smallest absolute Gasteiger partial charge is 0.259 e. The van der Waals surface area contributed by atoms with E-state index in [-0.39, 0.29) is 11.8 Å². The van der Waals surface area contributed by atoms with E-state index in [1.165, 1.54) is 0 Å². The zero-order valence-electron chi connectivity index (χ0n) is 15.4. The zero-order chi connectivity index (χ0) is 19.7. The molecule has 4 rings (SSSR count). The molecule has 3 aromatic carbocycles. The number of nitrogens with zero attached hydrogens (tertiary/aromatic N) is 1. The van der Waals surface area contributed by atoms with Gasteiger partial charge in [-0.3, -0.25) is 14.5 Å². The maximum Gasteiger partial charge on any atom is 0.259 e. The number of hydrogen-bond donors (Lipinski definition) is 1. The Morgan fingerprint density at radius 2 is 1.68 bits per heavy atom. The fourth-order valence-electron chi connectivity index (χ4n) is 3.53. The monoisotopic (exact) mass is 390 g/mol. The molecule has 0 fully saturated rings. The van der Waals surface area contributed by atoms with Crippen molar-refractivity contribution in [2.75, 3.05) is 10.2 Å². The lowest BCUT2D eigenvalue weighted by Gasteiger charge is -2.25. The first-order valence-corrected chi connectivity index (χ1v) is 9.46. The van der Waals surface area contributed by atoms with Crippen LogP contribution in [0.4, 0.5) is 11.4 Å². The molecule has 2 amide bonds. The summed E-state index contributed by atoms with van der Waals surface area (Å²) in [5.74, 6) is -0.417. The largest absolute Gasteiger partial charge is 0.324 e. The Labute approximate surface area is 168 Å². The summed E-state index contributed by atoms with van der Waals surface area (Å²) in [5, 5.41) is 3.53. The van der Waals surface area contributed by atoms with Gasteiger partial charge in [-0.15, -0.1) is 0 Å². The zero-order valence-corrected chi connectivity index (χ0v) is 16.1.